The second kappa shape index (κ2) is 8.64. The highest BCUT2D eigenvalue weighted by Gasteiger charge is 2.48. The van der Waals surface area contributed by atoms with Crippen LogP contribution in [-0.4, -0.2) is 41.6 Å². The Kier molecular flexibility index (Phi) is 5.96. The van der Waals surface area contributed by atoms with Gasteiger partial charge >= 0.3 is 6.18 Å². The van der Waals surface area contributed by atoms with Crippen molar-refractivity contribution in [1.29, 1.82) is 0 Å². The van der Waals surface area contributed by atoms with Gasteiger partial charge < -0.3 is 10.2 Å². The highest BCUT2D eigenvalue weighted by atomic mass is 79.9. The first-order chi connectivity index (χ1) is 17.0. The smallest absolute Gasteiger partial charge is 0.371 e. The molecule has 36 heavy (non-hydrogen) atoms. The van der Waals surface area contributed by atoms with Gasteiger partial charge in [-0.3, -0.25) is 14.6 Å². The number of aromatic nitrogens is 1. The highest BCUT2D eigenvalue weighted by Crippen LogP contribution is 2.45. The molecule has 1 spiro atoms. The number of nitrogens with zero attached hydrogens (tertiary/aromatic N) is 3. The molecule has 1 saturated heterocycles. The molecule has 6 nitrogen and oxygen atoms in total. The number of rotatable bonds is 4. The van der Waals surface area contributed by atoms with Crippen molar-refractivity contribution in [2.45, 2.75) is 56.2 Å². The van der Waals surface area contributed by atoms with E-state index >= 15 is 0 Å². The van der Waals surface area contributed by atoms with Crippen molar-refractivity contribution in [2.75, 3.05) is 18.0 Å². The molecule has 5 rings (SSSR count). The van der Waals surface area contributed by atoms with Crippen LogP contribution in [0.1, 0.15) is 66.3 Å². The number of piperidine rings is 1. The molecule has 1 aliphatic carbocycles. The van der Waals surface area contributed by atoms with E-state index < -0.39 is 28.6 Å². The van der Waals surface area contributed by atoms with Crippen molar-refractivity contribution in [3.8, 4) is 0 Å². The van der Waals surface area contributed by atoms with Crippen LogP contribution in [-0.2, 0) is 16.4 Å². The van der Waals surface area contributed by atoms with Gasteiger partial charge in [0.25, 0.3) is 5.91 Å². The van der Waals surface area contributed by atoms with E-state index in [9.17, 15) is 27.2 Å². The molecule has 1 saturated carbocycles. The Bertz CT molecular complexity index is 1280. The number of nitrogens with one attached hydrogen (secondary N) is 1. The summed E-state index contributed by atoms with van der Waals surface area (Å²) in [5.41, 5.74) is -1.47. The van der Waals surface area contributed by atoms with Crippen LogP contribution >= 0.6 is 15.9 Å². The predicted molar refractivity (Wildman–Crippen MR) is 129 cm³/mol. The first-order valence-corrected chi connectivity index (χ1v) is 12.4. The van der Waals surface area contributed by atoms with Crippen molar-refractivity contribution < 1.29 is 27.2 Å². The Hall–Kier alpha value is -2.82. The number of hydrogen-bond donors (Lipinski definition) is 1. The number of anilines is 1. The minimum Gasteiger partial charge on any atom is -0.371 e. The van der Waals surface area contributed by atoms with Gasteiger partial charge in [-0.1, -0.05) is 29.3 Å². The Morgan fingerprint density at radius 2 is 1.83 bits per heavy atom. The summed E-state index contributed by atoms with van der Waals surface area (Å²) in [6.45, 7) is 2.57. The van der Waals surface area contributed by atoms with Crippen LogP contribution in [0.15, 0.2) is 33.7 Å². The number of amides is 1. The first kappa shape index (κ1) is 24.9. The Morgan fingerprint density at radius 1 is 1.14 bits per heavy atom. The molecule has 1 aromatic heterocycles. The summed E-state index contributed by atoms with van der Waals surface area (Å²) in [5.74, 6) is -0.724. The van der Waals surface area contributed by atoms with E-state index in [1.54, 1.807) is 6.07 Å². The van der Waals surface area contributed by atoms with Gasteiger partial charge in [-0.15, -0.1) is 0 Å². The second-order valence-electron chi connectivity index (χ2n) is 9.88. The van der Waals surface area contributed by atoms with E-state index in [-0.39, 0.29) is 17.3 Å². The number of amidine groups is 1. The number of halogens is 5. The van der Waals surface area contributed by atoms with Crippen LogP contribution in [0.5, 0.6) is 0 Å². The largest absolute Gasteiger partial charge is 0.433 e. The van der Waals surface area contributed by atoms with Gasteiger partial charge in [0.1, 0.15) is 22.9 Å². The summed E-state index contributed by atoms with van der Waals surface area (Å²) < 4.78 is 55.0. The molecule has 190 valence electrons. The molecular formula is C25H23BrF4N4O2. The number of aliphatic imine (C=N–C) groups is 1. The molecule has 0 atom stereocenters. The molecule has 11 heteroatoms. The van der Waals surface area contributed by atoms with Gasteiger partial charge in [-0.25, -0.2) is 9.37 Å². The van der Waals surface area contributed by atoms with Gasteiger partial charge in [0, 0.05) is 28.5 Å². The molecule has 0 bridgehead atoms. The number of alkyl halides is 3. The van der Waals surface area contributed by atoms with Crippen LogP contribution in [0.3, 0.4) is 0 Å². The SMILES string of the molecule is CC1(c2nc(C(F)(F)F)ccc2C2=NC3(CCN(c4cc(Br)cc(F)c4C=O)CC3)C(=O)N2)CCC1. The molecule has 3 aliphatic rings. The molecule has 2 fully saturated rings. The van der Waals surface area contributed by atoms with Crippen LogP contribution < -0.4 is 10.2 Å². The summed E-state index contributed by atoms with van der Waals surface area (Å²) in [7, 11) is 0. The van der Waals surface area contributed by atoms with E-state index in [0.717, 1.165) is 12.5 Å². The maximum absolute atomic E-state index is 14.3. The number of carbonyl (C=O) groups excluding carboxylic acids is 2. The zero-order valence-electron chi connectivity index (χ0n) is 19.4. The van der Waals surface area contributed by atoms with Crippen LogP contribution in [0.4, 0.5) is 23.2 Å². The minimum atomic E-state index is -4.57. The predicted octanol–water partition coefficient (Wildman–Crippen LogP) is 5.17. The number of aldehydes is 1. The lowest BCUT2D eigenvalue weighted by Gasteiger charge is -2.39. The maximum Gasteiger partial charge on any atom is 0.433 e. The zero-order chi connectivity index (χ0) is 25.9. The van der Waals surface area contributed by atoms with Crippen molar-refractivity contribution in [3.63, 3.8) is 0 Å². The maximum atomic E-state index is 14.3. The first-order valence-electron chi connectivity index (χ1n) is 11.7. The lowest BCUT2D eigenvalue weighted by atomic mass is 9.67. The molecule has 1 aromatic carbocycles. The fourth-order valence-electron chi connectivity index (χ4n) is 5.26. The topological polar surface area (TPSA) is 74.7 Å². The molecule has 0 unspecified atom stereocenters. The van der Waals surface area contributed by atoms with E-state index in [1.807, 2.05) is 11.8 Å². The third-order valence-corrected chi connectivity index (χ3v) is 8.03. The number of carbonyl (C=O) groups is 2. The summed E-state index contributed by atoms with van der Waals surface area (Å²) >= 11 is 3.25. The number of pyridine rings is 1. The summed E-state index contributed by atoms with van der Waals surface area (Å²) in [6.07, 6.45) is -1.19. The van der Waals surface area contributed by atoms with Crippen LogP contribution in [0, 0.1) is 5.82 Å². The van der Waals surface area contributed by atoms with Gasteiger partial charge in [0.05, 0.1) is 16.9 Å². The van der Waals surface area contributed by atoms with Gasteiger partial charge in [-0.2, -0.15) is 13.2 Å². The van der Waals surface area contributed by atoms with Crippen LogP contribution in [0.25, 0.3) is 0 Å². The standard InChI is InChI=1S/C25H23BrF4N4O2/c1-23(5-2-6-23)20-15(3-4-19(31-20)25(28,29)30)21-32-22(36)24(33-21)7-9-34(10-8-24)18-12-14(26)11-17(27)16(18)13-35/h3-4,11-13H,2,5-10H2,1H3,(H,32,33,36). The Balaban J connectivity index is 1.46. The van der Waals surface area contributed by atoms with Crippen molar-refractivity contribution in [3.05, 3.63) is 57.1 Å². The molecular weight excluding hydrogens is 544 g/mol. The molecule has 1 amide bonds. The van der Waals surface area contributed by atoms with Crippen molar-refractivity contribution in [2.24, 2.45) is 4.99 Å². The molecule has 2 aliphatic heterocycles. The minimum absolute atomic E-state index is 0.0524. The van der Waals surface area contributed by atoms with Gasteiger partial charge in [0.2, 0.25) is 0 Å². The summed E-state index contributed by atoms with van der Waals surface area (Å²) in [6, 6.07) is 5.15. The lowest BCUT2D eigenvalue weighted by molar-refractivity contribution is -0.141. The number of benzene rings is 1. The second-order valence-corrected chi connectivity index (χ2v) is 10.8. The zero-order valence-corrected chi connectivity index (χ0v) is 21.0. The summed E-state index contributed by atoms with van der Waals surface area (Å²) in [5, 5.41) is 2.79. The summed E-state index contributed by atoms with van der Waals surface area (Å²) in [4.78, 5) is 35.1. The molecule has 1 N–H and O–H groups in total. The lowest BCUT2D eigenvalue weighted by Crippen LogP contribution is -2.49. The van der Waals surface area contributed by atoms with Crippen molar-refractivity contribution >= 4 is 39.6 Å². The van der Waals surface area contributed by atoms with E-state index in [0.29, 0.717) is 66.5 Å². The average Bonchev–Trinajstić information content (AvgIpc) is 3.12. The Labute approximate surface area is 213 Å². The highest BCUT2D eigenvalue weighted by molar-refractivity contribution is 9.10. The average molecular weight is 567 g/mol. The third kappa shape index (κ3) is 4.10. The van der Waals surface area contributed by atoms with Gasteiger partial charge in [0.15, 0.2) is 6.29 Å². The monoisotopic (exact) mass is 566 g/mol. The fraction of sp³-hybridized carbons (Fsp3) is 0.440. The van der Waals surface area contributed by atoms with E-state index in [2.05, 4.69) is 26.2 Å². The van der Waals surface area contributed by atoms with E-state index in [1.165, 1.54) is 12.1 Å². The molecule has 3 heterocycles. The van der Waals surface area contributed by atoms with E-state index in [4.69, 9.17) is 4.99 Å². The quantitative estimate of drug-likeness (QED) is 0.409. The Morgan fingerprint density at radius 3 is 2.42 bits per heavy atom. The number of hydrogen-bond acceptors (Lipinski definition) is 5. The third-order valence-electron chi connectivity index (χ3n) is 7.57. The fourth-order valence-corrected chi connectivity index (χ4v) is 5.68. The molecule has 2 aromatic rings. The normalized spacial score (nSPS) is 20.7. The molecule has 0 radical (unpaired) electrons. The van der Waals surface area contributed by atoms with Crippen LogP contribution in [0.2, 0.25) is 0 Å². The van der Waals surface area contributed by atoms with Crippen molar-refractivity contribution in [1.82, 2.24) is 10.3 Å². The van der Waals surface area contributed by atoms with Gasteiger partial charge in [-0.05, 0) is 49.9 Å².